The number of anilines is 1. The first kappa shape index (κ1) is 25.3. The summed E-state index contributed by atoms with van der Waals surface area (Å²) in [6, 6.07) is 17.7. The maximum absolute atomic E-state index is 13.1. The van der Waals surface area contributed by atoms with Gasteiger partial charge in [0, 0.05) is 58.9 Å². The highest BCUT2D eigenvalue weighted by atomic mass is 16.5. The summed E-state index contributed by atoms with van der Waals surface area (Å²) < 4.78 is 11.2. The number of para-hydroxylation sites is 2. The molecule has 1 aromatic heterocycles. The van der Waals surface area contributed by atoms with E-state index in [2.05, 4.69) is 19.7 Å². The van der Waals surface area contributed by atoms with Crippen LogP contribution < -0.4 is 9.64 Å². The molecule has 9 nitrogen and oxygen atoms in total. The van der Waals surface area contributed by atoms with Crippen LogP contribution in [0.25, 0.3) is 0 Å². The topological polar surface area (TPSA) is 85.5 Å². The fourth-order valence-corrected chi connectivity index (χ4v) is 5.03. The Hall–Kier alpha value is -3.40. The van der Waals surface area contributed by atoms with Crippen molar-refractivity contribution in [1.29, 1.82) is 0 Å². The normalized spacial score (nSPS) is 18.1. The van der Waals surface area contributed by atoms with Crippen LogP contribution in [0.4, 0.5) is 5.69 Å². The molecule has 2 aliphatic heterocycles. The monoisotopic (exact) mass is 505 g/mol. The molecule has 3 aromatic rings. The number of amides is 1. The zero-order valence-corrected chi connectivity index (χ0v) is 21.3. The molecule has 37 heavy (non-hydrogen) atoms. The van der Waals surface area contributed by atoms with Crippen molar-refractivity contribution in [2.45, 2.75) is 12.6 Å². The summed E-state index contributed by atoms with van der Waals surface area (Å²) in [5.41, 5.74) is 2.36. The van der Waals surface area contributed by atoms with Crippen molar-refractivity contribution in [1.82, 2.24) is 19.7 Å². The van der Waals surface area contributed by atoms with Gasteiger partial charge in [0.05, 0.1) is 25.4 Å². The average molecular weight is 506 g/mol. The maximum Gasteiger partial charge on any atom is 0.275 e. The van der Waals surface area contributed by atoms with Crippen LogP contribution in [0, 0.1) is 0 Å². The zero-order valence-electron chi connectivity index (χ0n) is 21.3. The quantitative estimate of drug-likeness (QED) is 0.500. The number of carbonyl (C=O) groups excluding carboxylic acids is 1. The van der Waals surface area contributed by atoms with E-state index < -0.39 is 6.10 Å². The Balaban J connectivity index is 1.08. The molecule has 2 aromatic carbocycles. The second-order valence-corrected chi connectivity index (χ2v) is 9.58. The molecule has 2 aliphatic rings. The highest BCUT2D eigenvalue weighted by Crippen LogP contribution is 2.28. The van der Waals surface area contributed by atoms with E-state index in [1.807, 2.05) is 59.5 Å². The van der Waals surface area contributed by atoms with Crippen molar-refractivity contribution in [3.8, 4) is 5.75 Å². The molecule has 2 saturated heterocycles. The van der Waals surface area contributed by atoms with Gasteiger partial charge in [-0.2, -0.15) is 0 Å². The molecule has 5 rings (SSSR count). The average Bonchev–Trinajstić information content (AvgIpc) is 3.42. The van der Waals surface area contributed by atoms with Crippen LogP contribution in [0.5, 0.6) is 5.75 Å². The Labute approximate surface area is 217 Å². The molecule has 196 valence electrons. The van der Waals surface area contributed by atoms with Gasteiger partial charge < -0.3 is 24.1 Å². The number of carbonyl (C=O) groups is 1. The number of β-amino-alcohol motifs (C(OH)–C–C–N with tert-alkyl or cyclic N) is 1. The summed E-state index contributed by atoms with van der Waals surface area (Å²) in [7, 11) is 1.68. The number of aromatic nitrogens is 1. The van der Waals surface area contributed by atoms with Crippen molar-refractivity contribution in [3.05, 3.63) is 78.0 Å². The predicted molar refractivity (Wildman–Crippen MR) is 141 cm³/mol. The Morgan fingerprint density at radius 3 is 2.35 bits per heavy atom. The Kier molecular flexibility index (Phi) is 8.03. The second kappa shape index (κ2) is 11.8. The summed E-state index contributed by atoms with van der Waals surface area (Å²) in [5, 5.41) is 10.5. The molecule has 0 spiro atoms. The first-order valence-electron chi connectivity index (χ1n) is 12.9. The third-order valence-electron chi connectivity index (χ3n) is 7.20. The SMILES string of the molecule is COc1ccccc1N1CCN(C(=O)c2coc(CN3CCN(C[C@@H](O)c4ccccc4)CC3)n2)CC1. The van der Waals surface area contributed by atoms with Gasteiger partial charge >= 0.3 is 0 Å². The lowest BCUT2D eigenvalue weighted by Gasteiger charge is -2.36. The molecule has 3 heterocycles. The van der Waals surface area contributed by atoms with Crippen molar-refractivity contribution in [2.75, 3.05) is 70.9 Å². The van der Waals surface area contributed by atoms with Crippen LogP contribution in [0.1, 0.15) is 28.0 Å². The summed E-state index contributed by atoms with van der Waals surface area (Å²) in [6.07, 6.45) is 1.00. The van der Waals surface area contributed by atoms with Crippen LogP contribution in [-0.2, 0) is 6.54 Å². The van der Waals surface area contributed by atoms with Gasteiger partial charge in [-0.05, 0) is 17.7 Å². The number of hydrogen-bond acceptors (Lipinski definition) is 8. The van der Waals surface area contributed by atoms with E-state index in [1.165, 1.54) is 6.26 Å². The molecule has 0 radical (unpaired) electrons. The molecule has 1 atom stereocenters. The van der Waals surface area contributed by atoms with Crippen molar-refractivity contribution >= 4 is 11.6 Å². The highest BCUT2D eigenvalue weighted by molar-refractivity contribution is 5.92. The van der Waals surface area contributed by atoms with Gasteiger partial charge in [0.1, 0.15) is 12.0 Å². The highest BCUT2D eigenvalue weighted by Gasteiger charge is 2.26. The van der Waals surface area contributed by atoms with Crippen molar-refractivity contribution in [3.63, 3.8) is 0 Å². The van der Waals surface area contributed by atoms with Crippen LogP contribution in [0.15, 0.2) is 65.3 Å². The molecule has 9 heteroatoms. The van der Waals surface area contributed by atoms with Gasteiger partial charge in [-0.25, -0.2) is 4.98 Å². The standard InChI is InChI=1S/C28H35N5O4/c1-36-26-10-6-5-9-24(26)32-15-17-33(18-16-32)28(35)23-21-37-27(29-23)20-31-13-11-30(12-14-31)19-25(34)22-7-3-2-4-8-22/h2-10,21,25,34H,11-20H2,1H3/t25-/m1/s1. The molecule has 0 aliphatic carbocycles. The Morgan fingerprint density at radius 2 is 1.62 bits per heavy atom. The van der Waals surface area contributed by atoms with Crippen LogP contribution in [-0.4, -0.2) is 96.7 Å². The van der Waals surface area contributed by atoms with Crippen molar-refractivity contribution < 1.29 is 19.1 Å². The number of aliphatic hydroxyl groups is 1. The van der Waals surface area contributed by atoms with E-state index in [9.17, 15) is 9.90 Å². The fraction of sp³-hybridized carbons (Fsp3) is 0.429. The van der Waals surface area contributed by atoms with E-state index in [4.69, 9.17) is 9.15 Å². The van der Waals surface area contributed by atoms with Gasteiger partial charge in [-0.15, -0.1) is 0 Å². The van der Waals surface area contributed by atoms with Gasteiger partial charge in [0.15, 0.2) is 5.69 Å². The fourth-order valence-electron chi connectivity index (χ4n) is 5.03. The third-order valence-corrected chi connectivity index (χ3v) is 7.20. The lowest BCUT2D eigenvalue weighted by atomic mass is 10.1. The molecule has 2 fully saturated rings. The summed E-state index contributed by atoms with van der Waals surface area (Å²) in [4.78, 5) is 26.2. The smallest absolute Gasteiger partial charge is 0.275 e. The van der Waals surface area contributed by atoms with Gasteiger partial charge in [-0.1, -0.05) is 42.5 Å². The number of ether oxygens (including phenoxy) is 1. The number of methoxy groups -OCH3 is 1. The largest absolute Gasteiger partial charge is 0.495 e. The summed E-state index contributed by atoms with van der Waals surface area (Å²) in [6.45, 7) is 7.37. The van der Waals surface area contributed by atoms with Crippen LogP contribution in [0.2, 0.25) is 0 Å². The lowest BCUT2D eigenvalue weighted by Crippen LogP contribution is -2.49. The number of aliphatic hydroxyl groups excluding tert-OH is 1. The van der Waals surface area contributed by atoms with Gasteiger partial charge in [-0.3, -0.25) is 14.6 Å². The molecule has 1 N–H and O–H groups in total. The first-order chi connectivity index (χ1) is 18.1. The first-order valence-corrected chi connectivity index (χ1v) is 12.9. The van der Waals surface area contributed by atoms with E-state index in [0.717, 1.165) is 56.3 Å². The lowest BCUT2D eigenvalue weighted by molar-refractivity contribution is 0.0671. The van der Waals surface area contributed by atoms with E-state index in [-0.39, 0.29) is 5.91 Å². The molecular weight excluding hydrogens is 470 g/mol. The second-order valence-electron chi connectivity index (χ2n) is 9.58. The third kappa shape index (κ3) is 6.12. The number of hydrogen-bond donors (Lipinski definition) is 1. The molecular formula is C28H35N5O4. The molecule has 0 unspecified atom stereocenters. The minimum atomic E-state index is -0.482. The minimum absolute atomic E-state index is 0.0885. The number of piperazine rings is 2. The Bertz CT molecular complexity index is 1150. The van der Waals surface area contributed by atoms with E-state index >= 15 is 0 Å². The maximum atomic E-state index is 13.1. The summed E-state index contributed by atoms with van der Waals surface area (Å²) >= 11 is 0. The number of nitrogens with zero attached hydrogens (tertiary/aromatic N) is 5. The number of rotatable bonds is 8. The van der Waals surface area contributed by atoms with Gasteiger partial charge in [0.25, 0.3) is 5.91 Å². The molecule has 0 saturated carbocycles. The minimum Gasteiger partial charge on any atom is -0.495 e. The number of benzene rings is 2. The number of oxazole rings is 1. The Morgan fingerprint density at radius 1 is 0.946 bits per heavy atom. The zero-order chi connectivity index (χ0) is 25.6. The van der Waals surface area contributed by atoms with E-state index in [1.54, 1.807) is 7.11 Å². The van der Waals surface area contributed by atoms with Gasteiger partial charge in [0.2, 0.25) is 5.89 Å². The molecule has 0 bridgehead atoms. The van der Waals surface area contributed by atoms with Crippen LogP contribution >= 0.6 is 0 Å². The summed E-state index contributed by atoms with van der Waals surface area (Å²) in [5.74, 6) is 1.32. The predicted octanol–water partition coefficient (Wildman–Crippen LogP) is 2.50. The van der Waals surface area contributed by atoms with E-state index in [0.29, 0.717) is 37.8 Å². The van der Waals surface area contributed by atoms with Crippen LogP contribution in [0.3, 0.4) is 0 Å². The molecule has 1 amide bonds. The van der Waals surface area contributed by atoms with Crippen molar-refractivity contribution in [2.24, 2.45) is 0 Å².